The summed E-state index contributed by atoms with van der Waals surface area (Å²) >= 11 is 0. The molecule has 0 fully saturated rings. The van der Waals surface area contributed by atoms with Crippen molar-refractivity contribution in [2.24, 2.45) is 0 Å². The maximum absolute atomic E-state index is 7.72. The zero-order chi connectivity index (χ0) is 9.26. The second kappa shape index (κ2) is 3.38. The van der Waals surface area contributed by atoms with E-state index in [1.807, 2.05) is 12.1 Å². The minimum atomic E-state index is 0.0591. The normalized spacial score (nSPS) is 20.9. The van der Waals surface area contributed by atoms with Gasteiger partial charge >= 0.3 is 0 Å². The first kappa shape index (κ1) is 8.57. The molecule has 1 aromatic carbocycles. The summed E-state index contributed by atoms with van der Waals surface area (Å²) in [4.78, 5) is 0. The standard InChI is InChI=1S/C11H14NO/c1-13-11-4-2-3-8-5-6-9(12)7-10(8)11/h2-4,9,12H,5-7H2,1H3. The minimum Gasteiger partial charge on any atom is -0.496 e. The van der Waals surface area contributed by atoms with Gasteiger partial charge in [0.15, 0.2) is 0 Å². The molecule has 0 spiro atoms. The Bertz CT molecular complexity index is 295. The van der Waals surface area contributed by atoms with E-state index in [9.17, 15) is 0 Å². The third kappa shape index (κ3) is 1.54. The third-order valence-electron chi connectivity index (χ3n) is 2.66. The van der Waals surface area contributed by atoms with Gasteiger partial charge in [0.25, 0.3) is 0 Å². The van der Waals surface area contributed by atoms with Crippen molar-refractivity contribution in [2.45, 2.75) is 25.3 Å². The summed E-state index contributed by atoms with van der Waals surface area (Å²) in [6.07, 6.45) is 2.86. The van der Waals surface area contributed by atoms with Crippen molar-refractivity contribution in [3.05, 3.63) is 29.3 Å². The fourth-order valence-electron chi connectivity index (χ4n) is 1.95. The summed E-state index contributed by atoms with van der Waals surface area (Å²) in [6.45, 7) is 0. The highest BCUT2D eigenvalue weighted by Gasteiger charge is 2.18. The molecule has 0 amide bonds. The van der Waals surface area contributed by atoms with Crippen LogP contribution in [0.25, 0.3) is 0 Å². The number of methoxy groups -OCH3 is 1. The lowest BCUT2D eigenvalue weighted by Crippen LogP contribution is -2.20. The lowest BCUT2D eigenvalue weighted by Gasteiger charge is -2.22. The Morgan fingerprint density at radius 2 is 2.31 bits per heavy atom. The second-order valence-corrected chi connectivity index (χ2v) is 3.54. The van der Waals surface area contributed by atoms with Gasteiger partial charge in [-0.2, -0.15) is 0 Å². The van der Waals surface area contributed by atoms with Crippen molar-refractivity contribution < 1.29 is 4.74 Å². The van der Waals surface area contributed by atoms with Crippen LogP contribution in [-0.2, 0) is 12.8 Å². The third-order valence-corrected chi connectivity index (χ3v) is 2.66. The van der Waals surface area contributed by atoms with Crippen LogP contribution in [0.2, 0.25) is 0 Å². The van der Waals surface area contributed by atoms with E-state index >= 15 is 0 Å². The molecule has 1 atom stereocenters. The molecule has 0 saturated carbocycles. The Hall–Kier alpha value is -1.02. The van der Waals surface area contributed by atoms with Crippen molar-refractivity contribution >= 4 is 0 Å². The van der Waals surface area contributed by atoms with Crippen molar-refractivity contribution in [1.29, 1.82) is 0 Å². The van der Waals surface area contributed by atoms with E-state index in [1.54, 1.807) is 7.11 Å². The van der Waals surface area contributed by atoms with Crippen LogP contribution in [0.3, 0.4) is 0 Å². The molecular weight excluding hydrogens is 162 g/mol. The van der Waals surface area contributed by atoms with Crippen LogP contribution in [0.15, 0.2) is 18.2 Å². The van der Waals surface area contributed by atoms with Crippen LogP contribution in [0.1, 0.15) is 17.5 Å². The van der Waals surface area contributed by atoms with Gasteiger partial charge in [-0.15, -0.1) is 0 Å². The highest BCUT2D eigenvalue weighted by molar-refractivity contribution is 5.42. The van der Waals surface area contributed by atoms with E-state index in [-0.39, 0.29) is 6.04 Å². The molecule has 2 rings (SSSR count). The average molecular weight is 176 g/mol. The zero-order valence-corrected chi connectivity index (χ0v) is 7.84. The van der Waals surface area contributed by atoms with Crippen LogP contribution in [0.4, 0.5) is 0 Å². The predicted octanol–water partition coefficient (Wildman–Crippen LogP) is 1.84. The maximum atomic E-state index is 7.72. The van der Waals surface area contributed by atoms with E-state index in [0.29, 0.717) is 0 Å². The molecule has 0 saturated heterocycles. The monoisotopic (exact) mass is 176 g/mol. The molecule has 1 aromatic rings. The largest absolute Gasteiger partial charge is 0.496 e. The molecule has 1 aliphatic carbocycles. The molecule has 0 aromatic heterocycles. The van der Waals surface area contributed by atoms with Crippen molar-refractivity contribution in [2.75, 3.05) is 7.11 Å². The number of hydrogen-bond acceptors (Lipinski definition) is 1. The fourth-order valence-corrected chi connectivity index (χ4v) is 1.95. The summed E-state index contributed by atoms with van der Waals surface area (Å²) in [5.41, 5.74) is 10.3. The summed E-state index contributed by atoms with van der Waals surface area (Å²) in [6, 6.07) is 6.21. The van der Waals surface area contributed by atoms with Crippen LogP contribution in [-0.4, -0.2) is 13.2 Å². The first-order valence-electron chi connectivity index (χ1n) is 4.67. The molecular formula is C11H14NO. The van der Waals surface area contributed by atoms with Crippen LogP contribution in [0.5, 0.6) is 5.75 Å². The summed E-state index contributed by atoms with van der Waals surface area (Å²) in [5, 5.41) is 0. The van der Waals surface area contributed by atoms with Crippen LogP contribution >= 0.6 is 0 Å². The van der Waals surface area contributed by atoms with E-state index in [2.05, 4.69) is 6.07 Å². The van der Waals surface area contributed by atoms with Gasteiger partial charge in [0, 0.05) is 6.04 Å². The molecule has 1 N–H and O–H groups in total. The van der Waals surface area contributed by atoms with E-state index in [1.165, 1.54) is 11.1 Å². The van der Waals surface area contributed by atoms with Gasteiger partial charge in [-0.1, -0.05) is 12.1 Å². The summed E-state index contributed by atoms with van der Waals surface area (Å²) in [5.74, 6) is 0.953. The SMILES string of the molecule is COc1cccc2c1CC([NH])CC2. The first-order valence-corrected chi connectivity index (χ1v) is 4.67. The lowest BCUT2D eigenvalue weighted by molar-refractivity contribution is 0.402. The number of ether oxygens (including phenoxy) is 1. The van der Waals surface area contributed by atoms with E-state index in [4.69, 9.17) is 10.5 Å². The molecule has 0 bridgehead atoms. The van der Waals surface area contributed by atoms with E-state index in [0.717, 1.165) is 25.0 Å². The molecule has 0 heterocycles. The van der Waals surface area contributed by atoms with Crippen molar-refractivity contribution in [3.63, 3.8) is 0 Å². The second-order valence-electron chi connectivity index (χ2n) is 3.54. The van der Waals surface area contributed by atoms with Crippen LogP contribution in [0, 0.1) is 0 Å². The first-order chi connectivity index (χ1) is 6.31. The Kier molecular flexibility index (Phi) is 2.23. The number of aryl methyl sites for hydroxylation is 1. The number of benzene rings is 1. The van der Waals surface area contributed by atoms with Gasteiger partial charge in [-0.05, 0) is 36.5 Å². The Balaban J connectivity index is 2.41. The van der Waals surface area contributed by atoms with Crippen molar-refractivity contribution in [3.8, 4) is 5.75 Å². The maximum Gasteiger partial charge on any atom is 0.122 e. The zero-order valence-electron chi connectivity index (χ0n) is 7.84. The predicted molar refractivity (Wildman–Crippen MR) is 51.9 cm³/mol. The highest BCUT2D eigenvalue weighted by Crippen LogP contribution is 2.28. The van der Waals surface area contributed by atoms with Gasteiger partial charge in [-0.25, -0.2) is 0 Å². The molecule has 1 unspecified atom stereocenters. The highest BCUT2D eigenvalue weighted by atomic mass is 16.5. The minimum absolute atomic E-state index is 0.0591. The summed E-state index contributed by atoms with van der Waals surface area (Å²) < 4.78 is 5.28. The Labute approximate surface area is 78.7 Å². The number of fused-ring (bicyclic) bond motifs is 1. The van der Waals surface area contributed by atoms with Gasteiger partial charge in [0.1, 0.15) is 5.75 Å². The smallest absolute Gasteiger partial charge is 0.122 e. The quantitative estimate of drug-likeness (QED) is 0.642. The molecule has 2 heteroatoms. The topological polar surface area (TPSA) is 33.0 Å². The average Bonchev–Trinajstić information content (AvgIpc) is 2.17. The van der Waals surface area contributed by atoms with Crippen LogP contribution < -0.4 is 10.5 Å². The lowest BCUT2D eigenvalue weighted by atomic mass is 9.88. The van der Waals surface area contributed by atoms with Gasteiger partial charge in [-0.3, -0.25) is 5.73 Å². The van der Waals surface area contributed by atoms with Gasteiger partial charge < -0.3 is 4.74 Å². The molecule has 0 aliphatic heterocycles. The Morgan fingerprint density at radius 3 is 3.08 bits per heavy atom. The van der Waals surface area contributed by atoms with Gasteiger partial charge in [0.2, 0.25) is 0 Å². The number of nitrogens with one attached hydrogen (secondary N) is 1. The fraction of sp³-hybridized carbons (Fsp3) is 0.455. The molecule has 13 heavy (non-hydrogen) atoms. The number of rotatable bonds is 1. The summed E-state index contributed by atoms with van der Waals surface area (Å²) in [7, 11) is 1.70. The Morgan fingerprint density at radius 1 is 1.46 bits per heavy atom. The van der Waals surface area contributed by atoms with Crippen molar-refractivity contribution in [1.82, 2.24) is 5.73 Å². The molecule has 1 radical (unpaired) electrons. The van der Waals surface area contributed by atoms with Gasteiger partial charge in [0.05, 0.1) is 7.11 Å². The molecule has 1 aliphatic rings. The molecule has 69 valence electrons. The van der Waals surface area contributed by atoms with E-state index < -0.39 is 0 Å². The number of hydrogen-bond donors (Lipinski definition) is 0. The molecule has 2 nitrogen and oxygen atoms in total.